The van der Waals surface area contributed by atoms with E-state index in [1.807, 2.05) is 24.3 Å². The van der Waals surface area contributed by atoms with Gasteiger partial charge in [0, 0.05) is 23.2 Å². The molecule has 1 N–H and O–H groups in total. The normalized spacial score (nSPS) is 11.8. The molecule has 0 spiro atoms. The van der Waals surface area contributed by atoms with Crippen molar-refractivity contribution >= 4 is 37.5 Å². The Morgan fingerprint density at radius 2 is 1.78 bits per heavy atom. The monoisotopic (exact) mass is 452 g/mol. The molecule has 0 saturated carbocycles. The number of rotatable bonds is 7. The van der Waals surface area contributed by atoms with Gasteiger partial charge in [0.1, 0.15) is 0 Å². The van der Waals surface area contributed by atoms with Gasteiger partial charge in [0.2, 0.25) is 10.0 Å². The minimum Gasteiger partial charge on any atom is -0.322 e. The number of hydrogen-bond acceptors (Lipinski definition) is 3. The van der Waals surface area contributed by atoms with E-state index in [1.54, 1.807) is 19.9 Å². The van der Waals surface area contributed by atoms with Gasteiger partial charge >= 0.3 is 0 Å². The Morgan fingerprint density at radius 3 is 2.37 bits per heavy atom. The third-order valence-electron chi connectivity index (χ3n) is 4.34. The molecule has 1 amide bonds. The van der Waals surface area contributed by atoms with Crippen LogP contribution in [0.15, 0.2) is 51.8 Å². The Balaban J connectivity index is 2.36. The van der Waals surface area contributed by atoms with Crippen molar-refractivity contribution in [2.24, 2.45) is 0 Å². The van der Waals surface area contributed by atoms with E-state index in [4.69, 9.17) is 0 Å². The highest BCUT2D eigenvalue weighted by atomic mass is 79.9. The molecule has 0 radical (unpaired) electrons. The predicted molar refractivity (Wildman–Crippen MR) is 113 cm³/mol. The standard InChI is InChI=1S/C20H25BrN2O3S/c1-5-23(6-2)27(25,26)17-10-11-19(21)18(13-17)20(24)22-16-9-7-8-15(12-16)14(3)4/h7-14H,5-6H2,1-4H3,(H,22,24). The lowest BCUT2D eigenvalue weighted by atomic mass is 10.0. The molecule has 2 aromatic rings. The zero-order valence-corrected chi connectivity index (χ0v) is 18.4. The summed E-state index contributed by atoms with van der Waals surface area (Å²) in [7, 11) is -3.63. The topological polar surface area (TPSA) is 66.5 Å². The molecule has 146 valence electrons. The zero-order chi connectivity index (χ0) is 20.2. The number of nitrogens with one attached hydrogen (secondary N) is 1. The Hall–Kier alpha value is -1.70. The summed E-state index contributed by atoms with van der Waals surface area (Å²) in [4.78, 5) is 12.9. The number of nitrogens with zero attached hydrogens (tertiary/aromatic N) is 1. The van der Waals surface area contributed by atoms with E-state index in [-0.39, 0.29) is 16.4 Å². The molecule has 0 aliphatic heterocycles. The van der Waals surface area contributed by atoms with Crippen LogP contribution < -0.4 is 5.32 Å². The Kier molecular flexibility index (Phi) is 7.19. The van der Waals surface area contributed by atoms with Gasteiger partial charge < -0.3 is 5.32 Å². The first-order valence-corrected chi connectivity index (χ1v) is 11.1. The maximum Gasteiger partial charge on any atom is 0.256 e. The van der Waals surface area contributed by atoms with Crippen LogP contribution >= 0.6 is 15.9 Å². The van der Waals surface area contributed by atoms with Crippen molar-refractivity contribution in [1.29, 1.82) is 0 Å². The molecular formula is C20H25BrN2O3S. The fourth-order valence-corrected chi connectivity index (χ4v) is 4.64. The summed E-state index contributed by atoms with van der Waals surface area (Å²) in [5, 5.41) is 2.85. The molecule has 27 heavy (non-hydrogen) atoms. The summed E-state index contributed by atoms with van der Waals surface area (Å²) in [6.07, 6.45) is 0. The molecule has 0 aromatic heterocycles. The second kappa shape index (κ2) is 8.99. The highest BCUT2D eigenvalue weighted by molar-refractivity contribution is 9.10. The van der Waals surface area contributed by atoms with E-state index in [0.717, 1.165) is 5.56 Å². The van der Waals surface area contributed by atoms with E-state index in [1.165, 1.54) is 16.4 Å². The lowest BCUT2D eigenvalue weighted by Gasteiger charge is -2.19. The largest absolute Gasteiger partial charge is 0.322 e. The van der Waals surface area contributed by atoms with E-state index >= 15 is 0 Å². The lowest BCUT2D eigenvalue weighted by Crippen LogP contribution is -2.30. The molecule has 5 nitrogen and oxygen atoms in total. The summed E-state index contributed by atoms with van der Waals surface area (Å²) in [5.74, 6) is -0.0180. The summed E-state index contributed by atoms with van der Waals surface area (Å²) in [6, 6.07) is 12.2. The predicted octanol–water partition coefficient (Wildman–Crippen LogP) is 4.86. The summed E-state index contributed by atoms with van der Waals surface area (Å²) >= 11 is 3.35. The van der Waals surface area contributed by atoms with Crippen LogP contribution in [0, 0.1) is 0 Å². The maximum absolute atomic E-state index is 12.8. The molecule has 0 atom stereocenters. The minimum absolute atomic E-state index is 0.107. The van der Waals surface area contributed by atoms with Crippen LogP contribution in [0.3, 0.4) is 0 Å². The van der Waals surface area contributed by atoms with Gasteiger partial charge in [-0.2, -0.15) is 4.31 Å². The molecule has 0 saturated heterocycles. The maximum atomic E-state index is 12.8. The van der Waals surface area contributed by atoms with E-state index in [2.05, 4.69) is 35.1 Å². The van der Waals surface area contributed by atoms with Gasteiger partial charge in [-0.3, -0.25) is 4.79 Å². The van der Waals surface area contributed by atoms with Crippen molar-refractivity contribution in [3.63, 3.8) is 0 Å². The van der Waals surface area contributed by atoms with Crippen LogP contribution in [0.2, 0.25) is 0 Å². The molecule has 0 heterocycles. The van der Waals surface area contributed by atoms with Crippen LogP contribution in [0.1, 0.15) is 49.5 Å². The second-order valence-corrected chi connectivity index (χ2v) is 9.26. The zero-order valence-electron chi connectivity index (χ0n) is 16.0. The Labute approximate surface area is 170 Å². The highest BCUT2D eigenvalue weighted by Gasteiger charge is 2.23. The minimum atomic E-state index is -3.63. The number of carbonyl (C=O) groups excluding carboxylic acids is 1. The number of benzene rings is 2. The first kappa shape index (κ1) is 21.6. The summed E-state index contributed by atoms with van der Waals surface area (Å²) in [5.41, 5.74) is 2.07. The molecule has 0 bridgehead atoms. The summed E-state index contributed by atoms with van der Waals surface area (Å²) < 4.78 is 27.4. The summed E-state index contributed by atoms with van der Waals surface area (Å²) in [6.45, 7) is 8.49. The first-order chi connectivity index (χ1) is 12.7. The first-order valence-electron chi connectivity index (χ1n) is 8.91. The van der Waals surface area contributed by atoms with Crippen LogP contribution in [0.25, 0.3) is 0 Å². The molecule has 0 unspecified atom stereocenters. The van der Waals surface area contributed by atoms with Gasteiger partial charge in [-0.05, 0) is 57.7 Å². The van der Waals surface area contributed by atoms with E-state index in [0.29, 0.717) is 29.2 Å². The molecule has 0 aliphatic rings. The van der Waals surface area contributed by atoms with E-state index in [9.17, 15) is 13.2 Å². The third kappa shape index (κ3) is 4.97. The van der Waals surface area contributed by atoms with Crippen molar-refractivity contribution in [2.75, 3.05) is 18.4 Å². The molecule has 0 aliphatic carbocycles. The van der Waals surface area contributed by atoms with Gasteiger partial charge in [0.05, 0.1) is 10.5 Å². The lowest BCUT2D eigenvalue weighted by molar-refractivity contribution is 0.102. The van der Waals surface area contributed by atoms with Crippen molar-refractivity contribution < 1.29 is 13.2 Å². The average Bonchev–Trinajstić information content (AvgIpc) is 2.62. The molecule has 2 rings (SSSR count). The quantitative estimate of drug-likeness (QED) is 0.652. The number of anilines is 1. The van der Waals surface area contributed by atoms with E-state index < -0.39 is 10.0 Å². The van der Waals surface area contributed by atoms with Gasteiger partial charge in [-0.15, -0.1) is 0 Å². The fourth-order valence-electron chi connectivity index (χ4n) is 2.73. The number of amides is 1. The molecule has 0 fully saturated rings. The Bertz CT molecular complexity index is 923. The SMILES string of the molecule is CCN(CC)S(=O)(=O)c1ccc(Br)c(C(=O)Nc2cccc(C(C)C)c2)c1. The van der Waals surface area contributed by atoms with Gasteiger partial charge in [-0.1, -0.05) is 39.8 Å². The van der Waals surface area contributed by atoms with Gasteiger partial charge in [0.15, 0.2) is 0 Å². The van der Waals surface area contributed by atoms with Gasteiger partial charge in [-0.25, -0.2) is 8.42 Å². The number of carbonyl (C=O) groups is 1. The van der Waals surface area contributed by atoms with Gasteiger partial charge in [0.25, 0.3) is 5.91 Å². The molecule has 2 aromatic carbocycles. The number of halogens is 1. The second-order valence-electron chi connectivity index (χ2n) is 6.47. The Morgan fingerprint density at radius 1 is 1.11 bits per heavy atom. The van der Waals surface area contributed by atoms with Crippen LogP contribution in [-0.2, 0) is 10.0 Å². The van der Waals surface area contributed by atoms with Crippen molar-refractivity contribution in [3.8, 4) is 0 Å². The highest BCUT2D eigenvalue weighted by Crippen LogP contribution is 2.25. The average molecular weight is 453 g/mol. The number of hydrogen-bond donors (Lipinski definition) is 1. The van der Waals surface area contributed by atoms with Crippen molar-refractivity contribution in [3.05, 3.63) is 58.1 Å². The third-order valence-corrected chi connectivity index (χ3v) is 7.07. The fraction of sp³-hybridized carbons (Fsp3) is 0.350. The molecule has 7 heteroatoms. The van der Waals surface area contributed by atoms with Crippen molar-refractivity contribution in [2.45, 2.75) is 38.5 Å². The van der Waals surface area contributed by atoms with Crippen LogP contribution in [0.5, 0.6) is 0 Å². The van der Waals surface area contributed by atoms with Crippen molar-refractivity contribution in [1.82, 2.24) is 4.31 Å². The molecular weight excluding hydrogens is 428 g/mol. The van der Waals surface area contributed by atoms with Crippen LogP contribution in [-0.4, -0.2) is 31.7 Å². The smallest absolute Gasteiger partial charge is 0.256 e. The number of sulfonamides is 1. The van der Waals surface area contributed by atoms with Crippen LogP contribution in [0.4, 0.5) is 5.69 Å².